The van der Waals surface area contributed by atoms with Crippen LogP contribution in [0.25, 0.3) is 0 Å². The van der Waals surface area contributed by atoms with Crippen LogP contribution in [-0.4, -0.2) is 12.6 Å². The molecule has 18 heavy (non-hydrogen) atoms. The number of ether oxygens (including phenoxy) is 1. The van der Waals surface area contributed by atoms with E-state index in [4.69, 9.17) is 4.74 Å². The van der Waals surface area contributed by atoms with Crippen LogP contribution in [0.4, 0.5) is 0 Å². The lowest BCUT2D eigenvalue weighted by atomic mass is 10.2. The van der Waals surface area contributed by atoms with Gasteiger partial charge in [0.25, 0.3) is 0 Å². The molecule has 1 atom stereocenters. The molecule has 0 saturated carbocycles. The lowest BCUT2D eigenvalue weighted by molar-refractivity contribution is -0.136. The summed E-state index contributed by atoms with van der Waals surface area (Å²) in [5.74, 6) is -0.371. The number of hydrogen-bond acceptors (Lipinski definition) is 4. The quantitative estimate of drug-likeness (QED) is 0.611. The maximum absolute atomic E-state index is 11.0. The number of benzene rings is 1. The van der Waals surface area contributed by atoms with E-state index in [1.807, 2.05) is 30.0 Å². The summed E-state index contributed by atoms with van der Waals surface area (Å²) >= 11 is 3.57. The molecule has 2 nitrogen and oxygen atoms in total. The van der Waals surface area contributed by atoms with Gasteiger partial charge in [-0.15, -0.1) is 23.5 Å². The zero-order valence-corrected chi connectivity index (χ0v) is 11.7. The summed E-state index contributed by atoms with van der Waals surface area (Å²) in [6.07, 6.45) is 1.19. The molecule has 0 N–H and O–H groups in total. The average molecular weight is 278 g/mol. The molecule has 94 valence electrons. The molecular weight excluding hydrogens is 264 g/mol. The minimum Gasteiger partial charge on any atom is -0.457 e. The third kappa shape index (κ3) is 3.21. The lowest BCUT2D eigenvalue weighted by Gasteiger charge is -2.09. The molecule has 1 aliphatic rings. The number of hydrogen-bond donors (Lipinski definition) is 0. The molecular formula is C14H14O2S2. The van der Waals surface area contributed by atoms with Crippen LogP contribution < -0.4 is 0 Å². The van der Waals surface area contributed by atoms with Crippen LogP contribution in [0, 0.1) is 0 Å². The molecule has 1 aromatic carbocycles. The maximum atomic E-state index is 11.0. The van der Waals surface area contributed by atoms with Gasteiger partial charge >= 0.3 is 5.97 Å². The maximum Gasteiger partial charge on any atom is 0.330 e. The Morgan fingerprint density at radius 1 is 1.39 bits per heavy atom. The average Bonchev–Trinajstić information content (AvgIpc) is 2.78. The van der Waals surface area contributed by atoms with Gasteiger partial charge < -0.3 is 4.74 Å². The molecule has 0 aliphatic carbocycles. The van der Waals surface area contributed by atoms with E-state index < -0.39 is 0 Å². The molecule has 0 amide bonds. The monoisotopic (exact) mass is 278 g/mol. The van der Waals surface area contributed by atoms with Gasteiger partial charge in [-0.1, -0.05) is 36.9 Å². The standard InChI is InChI=1S/C14H14O2S2/c1-3-13(15)16-9-12-10(2)17-14(18-12)11-7-5-4-6-8-11/h3-8,14H,1,9H2,2H3. The SMILES string of the molecule is C=CC(=O)OCC1=C(C)SC(c2ccccc2)S1. The first-order valence-corrected chi connectivity index (χ1v) is 7.34. The van der Waals surface area contributed by atoms with E-state index in [2.05, 4.69) is 25.6 Å². The summed E-state index contributed by atoms with van der Waals surface area (Å²) in [5.41, 5.74) is 1.29. The predicted molar refractivity (Wildman–Crippen MR) is 78.2 cm³/mol. The molecule has 0 bridgehead atoms. The normalized spacial score (nSPS) is 18.8. The van der Waals surface area contributed by atoms with Crippen LogP contribution >= 0.6 is 23.5 Å². The lowest BCUT2D eigenvalue weighted by Crippen LogP contribution is -2.02. The summed E-state index contributed by atoms with van der Waals surface area (Å²) in [4.78, 5) is 13.4. The van der Waals surface area contributed by atoms with Gasteiger partial charge in [-0.3, -0.25) is 0 Å². The van der Waals surface area contributed by atoms with Crippen molar-refractivity contribution >= 4 is 29.5 Å². The highest BCUT2D eigenvalue weighted by Crippen LogP contribution is 2.54. The fourth-order valence-electron chi connectivity index (χ4n) is 1.54. The van der Waals surface area contributed by atoms with Crippen molar-refractivity contribution in [3.63, 3.8) is 0 Å². The van der Waals surface area contributed by atoms with E-state index in [-0.39, 0.29) is 5.97 Å². The van der Waals surface area contributed by atoms with Crippen LogP contribution in [0.5, 0.6) is 0 Å². The number of thioether (sulfide) groups is 2. The van der Waals surface area contributed by atoms with Crippen molar-refractivity contribution < 1.29 is 9.53 Å². The highest BCUT2D eigenvalue weighted by atomic mass is 32.2. The molecule has 0 spiro atoms. The second kappa shape index (κ2) is 6.16. The number of esters is 1. The zero-order chi connectivity index (χ0) is 13.0. The van der Waals surface area contributed by atoms with Crippen LogP contribution in [-0.2, 0) is 9.53 Å². The van der Waals surface area contributed by atoms with Gasteiger partial charge in [0.05, 0.1) is 4.58 Å². The topological polar surface area (TPSA) is 26.3 Å². The largest absolute Gasteiger partial charge is 0.457 e. The number of carbonyl (C=O) groups excluding carboxylic acids is 1. The Hall–Kier alpha value is -1.13. The smallest absolute Gasteiger partial charge is 0.330 e. The minimum absolute atomic E-state index is 0.345. The van der Waals surface area contributed by atoms with E-state index in [0.29, 0.717) is 11.2 Å². The number of allylic oxidation sites excluding steroid dienone is 1. The fourth-order valence-corrected chi connectivity index (χ4v) is 4.45. The minimum atomic E-state index is -0.371. The third-order valence-electron chi connectivity index (χ3n) is 2.51. The summed E-state index contributed by atoms with van der Waals surface area (Å²) in [6, 6.07) is 10.3. The van der Waals surface area contributed by atoms with Crippen LogP contribution in [0.2, 0.25) is 0 Å². The summed E-state index contributed by atoms with van der Waals surface area (Å²) in [5, 5.41) is 0. The second-order valence-electron chi connectivity index (χ2n) is 3.77. The first-order valence-electron chi connectivity index (χ1n) is 5.58. The van der Waals surface area contributed by atoms with Gasteiger partial charge in [0.1, 0.15) is 6.61 Å². The van der Waals surface area contributed by atoms with E-state index in [1.165, 1.54) is 16.5 Å². The molecule has 0 saturated heterocycles. The van der Waals surface area contributed by atoms with Gasteiger partial charge in [0.15, 0.2) is 0 Å². The van der Waals surface area contributed by atoms with Crippen molar-refractivity contribution in [2.24, 2.45) is 0 Å². The second-order valence-corrected chi connectivity index (χ2v) is 6.59. The van der Waals surface area contributed by atoms with Crippen molar-refractivity contribution in [3.8, 4) is 0 Å². The Labute approximate surface area is 115 Å². The third-order valence-corrected chi connectivity index (χ3v) is 5.50. The molecule has 0 fully saturated rings. The van der Waals surface area contributed by atoms with Crippen molar-refractivity contribution in [3.05, 3.63) is 58.4 Å². The van der Waals surface area contributed by atoms with E-state index in [9.17, 15) is 4.79 Å². The summed E-state index contributed by atoms with van der Waals surface area (Å²) in [6.45, 7) is 5.80. The summed E-state index contributed by atoms with van der Waals surface area (Å²) in [7, 11) is 0. The number of carbonyl (C=O) groups is 1. The van der Waals surface area contributed by atoms with Crippen LogP contribution in [0.15, 0.2) is 52.8 Å². The molecule has 1 aromatic rings. The first-order chi connectivity index (χ1) is 8.70. The Kier molecular flexibility index (Phi) is 4.55. The zero-order valence-electron chi connectivity index (χ0n) is 10.1. The molecule has 1 unspecified atom stereocenters. The van der Waals surface area contributed by atoms with Gasteiger partial charge in [0.2, 0.25) is 0 Å². The van der Waals surface area contributed by atoms with Gasteiger partial charge in [0, 0.05) is 11.0 Å². The molecule has 1 aliphatic heterocycles. The Morgan fingerprint density at radius 2 is 2.11 bits per heavy atom. The molecule has 0 aromatic heterocycles. The van der Waals surface area contributed by atoms with E-state index in [0.717, 1.165) is 4.91 Å². The highest BCUT2D eigenvalue weighted by Gasteiger charge is 2.25. The van der Waals surface area contributed by atoms with Gasteiger partial charge in [-0.05, 0) is 17.4 Å². The van der Waals surface area contributed by atoms with Gasteiger partial charge in [-0.2, -0.15) is 0 Å². The Balaban J connectivity index is 1.97. The Bertz CT molecular complexity index is 480. The molecule has 0 radical (unpaired) electrons. The summed E-state index contributed by atoms with van der Waals surface area (Å²) < 4.78 is 5.45. The molecule has 4 heteroatoms. The predicted octanol–water partition coefficient (Wildman–Crippen LogP) is 4.13. The highest BCUT2D eigenvalue weighted by molar-refractivity contribution is 8.22. The van der Waals surface area contributed by atoms with Crippen LogP contribution in [0.3, 0.4) is 0 Å². The molecule has 2 rings (SSSR count). The van der Waals surface area contributed by atoms with Crippen molar-refractivity contribution in [1.29, 1.82) is 0 Å². The van der Waals surface area contributed by atoms with Crippen molar-refractivity contribution in [2.75, 3.05) is 6.61 Å². The number of rotatable bonds is 4. The fraction of sp³-hybridized carbons (Fsp3) is 0.214. The van der Waals surface area contributed by atoms with Crippen molar-refractivity contribution in [2.45, 2.75) is 11.5 Å². The van der Waals surface area contributed by atoms with E-state index >= 15 is 0 Å². The van der Waals surface area contributed by atoms with Crippen LogP contribution in [0.1, 0.15) is 17.1 Å². The molecule has 1 heterocycles. The first kappa shape index (κ1) is 13.3. The van der Waals surface area contributed by atoms with Gasteiger partial charge in [-0.25, -0.2) is 4.79 Å². The Morgan fingerprint density at radius 3 is 2.78 bits per heavy atom. The van der Waals surface area contributed by atoms with E-state index in [1.54, 1.807) is 11.8 Å². The van der Waals surface area contributed by atoms with Crippen molar-refractivity contribution in [1.82, 2.24) is 0 Å².